The monoisotopic (exact) mass is 420 g/mol. The summed E-state index contributed by atoms with van der Waals surface area (Å²) in [4.78, 5) is 41.9. The van der Waals surface area contributed by atoms with Crippen LogP contribution in [-0.4, -0.2) is 48.5 Å². The molecule has 4 rings (SSSR count). The number of nitrogens with one attached hydrogen (secondary N) is 1. The average Bonchev–Trinajstić information content (AvgIpc) is 3.14. The van der Waals surface area contributed by atoms with Crippen molar-refractivity contribution in [3.05, 3.63) is 16.0 Å². The van der Waals surface area contributed by atoms with Crippen LogP contribution in [0.4, 0.5) is 5.00 Å². The van der Waals surface area contributed by atoms with Gasteiger partial charge in [0, 0.05) is 23.4 Å². The van der Waals surface area contributed by atoms with E-state index in [1.165, 1.54) is 11.3 Å². The number of rotatable bonds is 4. The summed E-state index contributed by atoms with van der Waals surface area (Å²) in [6.07, 6.45) is 1.83. The van der Waals surface area contributed by atoms with Crippen molar-refractivity contribution in [3.8, 4) is 0 Å². The first kappa shape index (κ1) is 20.3. The first-order chi connectivity index (χ1) is 13.6. The van der Waals surface area contributed by atoms with Crippen LogP contribution >= 0.6 is 11.3 Å². The molecule has 158 valence electrons. The molecule has 0 radical (unpaired) electrons. The summed E-state index contributed by atoms with van der Waals surface area (Å²) in [5.41, 5.74) is -1.12. The molecule has 29 heavy (non-hydrogen) atoms. The van der Waals surface area contributed by atoms with E-state index in [0.29, 0.717) is 23.4 Å². The Labute approximate surface area is 174 Å². The molecular formula is C21H28N2O5S. The van der Waals surface area contributed by atoms with Crippen LogP contribution in [0.5, 0.6) is 0 Å². The van der Waals surface area contributed by atoms with Crippen LogP contribution in [0.3, 0.4) is 0 Å². The Hall–Kier alpha value is -1.93. The number of ether oxygens (including phenoxy) is 2. The van der Waals surface area contributed by atoms with E-state index in [2.05, 4.69) is 10.2 Å². The Bertz CT molecular complexity index is 907. The lowest BCUT2D eigenvalue weighted by atomic mass is 9.66. The van der Waals surface area contributed by atoms with Crippen LogP contribution < -0.4 is 5.32 Å². The van der Waals surface area contributed by atoms with E-state index in [0.717, 1.165) is 30.0 Å². The predicted octanol–water partition coefficient (Wildman–Crippen LogP) is 2.97. The number of hydrogen-bond donors (Lipinski definition) is 1. The second kappa shape index (κ2) is 6.54. The standard InChI is InChI=1S/C21H28N2O5S/c1-6-27-16(24)14-12-7-10-23(5)11-13(12)29-15(14)22-17(25)21-9-8-20(4,18(26)28-21)19(21,2)3/h6-11H2,1-5H3,(H,22,25)/t20-,21+/m0/s1. The van der Waals surface area contributed by atoms with Crippen LogP contribution in [0.25, 0.3) is 0 Å². The number of fused-ring (bicyclic) bond motifs is 3. The Morgan fingerprint density at radius 2 is 2.00 bits per heavy atom. The number of hydrogen-bond acceptors (Lipinski definition) is 7. The molecule has 7 nitrogen and oxygen atoms in total. The lowest BCUT2D eigenvalue weighted by molar-refractivity contribution is -0.165. The minimum absolute atomic E-state index is 0.268. The van der Waals surface area contributed by atoms with E-state index >= 15 is 0 Å². The maximum Gasteiger partial charge on any atom is 0.341 e. The largest absolute Gasteiger partial charge is 0.462 e. The number of nitrogens with zero attached hydrogens (tertiary/aromatic N) is 1. The van der Waals surface area contributed by atoms with Crippen LogP contribution in [0.15, 0.2) is 0 Å². The molecular weight excluding hydrogens is 392 g/mol. The maximum absolute atomic E-state index is 13.5. The molecule has 1 aromatic heterocycles. The molecule has 8 heteroatoms. The summed E-state index contributed by atoms with van der Waals surface area (Å²) in [6.45, 7) is 9.32. The number of thiophene rings is 1. The molecule has 2 atom stereocenters. The molecule has 1 amide bonds. The van der Waals surface area contributed by atoms with E-state index in [1.54, 1.807) is 6.92 Å². The molecule has 2 fully saturated rings. The van der Waals surface area contributed by atoms with E-state index in [4.69, 9.17) is 9.47 Å². The molecule has 1 aliphatic carbocycles. The molecule has 2 aliphatic heterocycles. The average molecular weight is 421 g/mol. The summed E-state index contributed by atoms with van der Waals surface area (Å²) in [5.74, 6) is -1.09. The first-order valence-corrected chi connectivity index (χ1v) is 10.9. The summed E-state index contributed by atoms with van der Waals surface area (Å²) >= 11 is 1.41. The quantitative estimate of drug-likeness (QED) is 0.754. The third-order valence-electron chi connectivity index (χ3n) is 7.40. The fraction of sp³-hybridized carbons (Fsp3) is 0.667. The van der Waals surface area contributed by atoms with E-state index in [1.807, 2.05) is 27.8 Å². The van der Waals surface area contributed by atoms with Gasteiger partial charge in [0.15, 0.2) is 5.60 Å². The fourth-order valence-corrected chi connectivity index (χ4v) is 6.30. The number of anilines is 1. The molecule has 3 heterocycles. The third kappa shape index (κ3) is 2.61. The minimum Gasteiger partial charge on any atom is -0.462 e. The highest BCUT2D eigenvalue weighted by Crippen LogP contribution is 2.65. The molecule has 1 saturated heterocycles. The lowest BCUT2D eigenvalue weighted by Crippen LogP contribution is -2.50. The van der Waals surface area contributed by atoms with Crippen LogP contribution in [-0.2, 0) is 32.0 Å². The number of carbonyl (C=O) groups excluding carboxylic acids is 3. The highest BCUT2D eigenvalue weighted by Gasteiger charge is 2.75. The van der Waals surface area contributed by atoms with Gasteiger partial charge in [-0.15, -0.1) is 11.3 Å². The van der Waals surface area contributed by atoms with Crippen LogP contribution in [0.2, 0.25) is 0 Å². The topological polar surface area (TPSA) is 84.9 Å². The second-order valence-corrected chi connectivity index (χ2v) is 10.1. The molecule has 1 saturated carbocycles. The number of carbonyl (C=O) groups is 3. The number of amides is 1. The lowest BCUT2D eigenvalue weighted by Gasteiger charge is -2.35. The minimum atomic E-state index is -1.22. The van der Waals surface area contributed by atoms with Gasteiger partial charge in [0.25, 0.3) is 5.91 Å². The summed E-state index contributed by atoms with van der Waals surface area (Å²) in [6, 6.07) is 0. The number of esters is 2. The molecule has 3 aliphatic rings. The van der Waals surface area contributed by atoms with Crippen molar-refractivity contribution in [1.82, 2.24) is 4.90 Å². The third-order valence-corrected chi connectivity index (χ3v) is 8.54. The molecule has 0 unspecified atom stereocenters. The van der Waals surface area contributed by atoms with Crippen molar-refractivity contribution in [2.24, 2.45) is 10.8 Å². The van der Waals surface area contributed by atoms with Gasteiger partial charge >= 0.3 is 11.9 Å². The van der Waals surface area contributed by atoms with Crippen molar-refractivity contribution in [2.45, 2.75) is 59.1 Å². The van der Waals surface area contributed by atoms with Gasteiger partial charge in [0.1, 0.15) is 5.00 Å². The Morgan fingerprint density at radius 1 is 1.28 bits per heavy atom. The summed E-state index contributed by atoms with van der Waals surface area (Å²) in [5, 5.41) is 3.45. The highest BCUT2D eigenvalue weighted by molar-refractivity contribution is 7.17. The molecule has 1 aromatic rings. The first-order valence-electron chi connectivity index (χ1n) is 10.1. The molecule has 0 spiro atoms. The van der Waals surface area contributed by atoms with Gasteiger partial charge in [0.05, 0.1) is 17.6 Å². The SMILES string of the molecule is CCOC(=O)c1c(NC(=O)[C@@]23CC[C@@](C)(C(=O)O2)C3(C)C)sc2c1CCN(C)C2. The predicted molar refractivity (Wildman–Crippen MR) is 109 cm³/mol. The maximum atomic E-state index is 13.5. The van der Waals surface area contributed by atoms with Gasteiger partial charge in [-0.05, 0) is 45.7 Å². The van der Waals surface area contributed by atoms with Crippen LogP contribution in [0, 0.1) is 10.8 Å². The van der Waals surface area contributed by atoms with Gasteiger partial charge in [-0.2, -0.15) is 0 Å². The van der Waals surface area contributed by atoms with E-state index in [9.17, 15) is 14.4 Å². The summed E-state index contributed by atoms with van der Waals surface area (Å²) in [7, 11) is 2.03. The van der Waals surface area contributed by atoms with Gasteiger partial charge in [-0.1, -0.05) is 13.8 Å². The van der Waals surface area contributed by atoms with Crippen molar-refractivity contribution in [2.75, 3.05) is 25.5 Å². The van der Waals surface area contributed by atoms with Gasteiger partial charge in [-0.25, -0.2) is 4.79 Å². The van der Waals surface area contributed by atoms with Crippen molar-refractivity contribution in [3.63, 3.8) is 0 Å². The Morgan fingerprint density at radius 3 is 2.59 bits per heavy atom. The van der Waals surface area contributed by atoms with Gasteiger partial charge < -0.3 is 19.7 Å². The number of likely N-dealkylation sites (N-methyl/N-ethyl adjacent to an activating group) is 1. The zero-order valence-electron chi connectivity index (χ0n) is 17.6. The van der Waals surface area contributed by atoms with Gasteiger partial charge in [0.2, 0.25) is 0 Å². The fourth-order valence-electron chi connectivity index (χ4n) is 4.99. The summed E-state index contributed by atoms with van der Waals surface area (Å²) < 4.78 is 11.0. The molecule has 0 aromatic carbocycles. The van der Waals surface area contributed by atoms with Crippen molar-refractivity contribution >= 4 is 34.2 Å². The normalized spacial score (nSPS) is 30.0. The highest BCUT2D eigenvalue weighted by atomic mass is 32.1. The van der Waals surface area contributed by atoms with Gasteiger partial charge in [-0.3, -0.25) is 9.59 Å². The zero-order valence-corrected chi connectivity index (χ0v) is 18.5. The van der Waals surface area contributed by atoms with Crippen molar-refractivity contribution < 1.29 is 23.9 Å². The Balaban J connectivity index is 1.71. The van der Waals surface area contributed by atoms with Crippen LogP contribution in [0.1, 0.15) is 61.3 Å². The van der Waals surface area contributed by atoms with Crippen molar-refractivity contribution in [1.29, 1.82) is 0 Å². The second-order valence-electron chi connectivity index (χ2n) is 9.04. The molecule has 1 N–H and O–H groups in total. The van der Waals surface area contributed by atoms with E-state index < -0.39 is 22.4 Å². The zero-order chi connectivity index (χ0) is 21.2. The molecule has 2 bridgehead atoms. The van der Waals surface area contributed by atoms with E-state index in [-0.39, 0.29) is 18.5 Å². The Kier molecular flexibility index (Phi) is 4.59. The smallest absolute Gasteiger partial charge is 0.341 e.